The van der Waals surface area contributed by atoms with Gasteiger partial charge in [0.15, 0.2) is 0 Å². The molecule has 2 heterocycles. The highest BCUT2D eigenvalue weighted by Crippen LogP contribution is 1.97. The van der Waals surface area contributed by atoms with Gasteiger partial charge in [-0.1, -0.05) is 12.1 Å². The van der Waals surface area contributed by atoms with Crippen LogP contribution in [0.1, 0.15) is 13.8 Å². The maximum atomic E-state index is 3.33. The molecule has 80 valence electrons. The zero-order valence-electron chi connectivity index (χ0n) is 9.07. The van der Waals surface area contributed by atoms with Crippen LogP contribution in [0.15, 0.2) is 22.9 Å². The number of piperazine rings is 1. The third-order valence-electron chi connectivity index (χ3n) is 2.31. The lowest BCUT2D eigenvalue weighted by molar-refractivity contribution is 0.196. The van der Waals surface area contributed by atoms with E-state index in [0.29, 0.717) is 0 Å². The molecule has 14 heavy (non-hydrogen) atoms. The monoisotopic (exact) mass is 212 g/mol. The van der Waals surface area contributed by atoms with Crippen molar-refractivity contribution in [1.82, 2.24) is 10.2 Å². The molecule has 0 unspecified atom stereocenters. The molecule has 2 rings (SSSR count). The molecule has 0 aliphatic carbocycles. The van der Waals surface area contributed by atoms with Crippen LogP contribution in [0.5, 0.6) is 0 Å². The van der Waals surface area contributed by atoms with Crippen LogP contribution in [-0.2, 0) is 0 Å². The molecular formula is C11H20N2S. The number of hydrogen-bond donors (Lipinski definition) is 1. The van der Waals surface area contributed by atoms with E-state index < -0.39 is 0 Å². The fourth-order valence-corrected chi connectivity index (χ4v) is 1.88. The molecule has 2 nitrogen and oxygen atoms in total. The third-order valence-corrected chi connectivity index (χ3v) is 2.94. The summed E-state index contributed by atoms with van der Waals surface area (Å²) in [6.07, 6.45) is 0. The van der Waals surface area contributed by atoms with Crippen molar-refractivity contribution in [2.75, 3.05) is 26.2 Å². The predicted octanol–water partition coefficient (Wildman–Crippen LogP) is 2.05. The Balaban J connectivity index is 0.000000165. The Hall–Kier alpha value is -0.380. The minimum Gasteiger partial charge on any atom is -0.314 e. The standard InChI is InChI=1S/C7H16N2.C4H4S/c1-7(2)9-5-3-8-4-6-9;1-2-4-5-3-1/h7-8H,3-6H2,1-2H3;1-4H. The first kappa shape index (κ1) is 11.7. The Morgan fingerprint density at radius 1 is 1.14 bits per heavy atom. The van der Waals surface area contributed by atoms with E-state index in [1.54, 1.807) is 11.3 Å². The van der Waals surface area contributed by atoms with Crippen LogP contribution in [0.2, 0.25) is 0 Å². The molecule has 0 saturated carbocycles. The summed E-state index contributed by atoms with van der Waals surface area (Å²) >= 11 is 1.71. The van der Waals surface area contributed by atoms with Crippen molar-refractivity contribution in [3.8, 4) is 0 Å². The van der Waals surface area contributed by atoms with Gasteiger partial charge in [0.1, 0.15) is 0 Å². The predicted molar refractivity (Wildman–Crippen MR) is 63.9 cm³/mol. The van der Waals surface area contributed by atoms with Gasteiger partial charge in [0, 0.05) is 32.2 Å². The first-order valence-corrected chi connectivity index (χ1v) is 6.17. The fourth-order valence-electron chi connectivity index (χ4n) is 1.43. The van der Waals surface area contributed by atoms with Gasteiger partial charge >= 0.3 is 0 Å². The molecule has 0 amide bonds. The number of nitrogens with zero attached hydrogens (tertiary/aromatic N) is 1. The summed E-state index contributed by atoms with van der Waals surface area (Å²) in [4.78, 5) is 2.50. The Bertz CT molecular complexity index is 186. The summed E-state index contributed by atoms with van der Waals surface area (Å²) in [6, 6.07) is 4.77. The zero-order valence-corrected chi connectivity index (χ0v) is 9.89. The van der Waals surface area contributed by atoms with Crippen molar-refractivity contribution in [2.45, 2.75) is 19.9 Å². The largest absolute Gasteiger partial charge is 0.314 e. The molecule has 0 spiro atoms. The van der Waals surface area contributed by atoms with Crippen molar-refractivity contribution >= 4 is 11.3 Å². The van der Waals surface area contributed by atoms with Crippen molar-refractivity contribution in [1.29, 1.82) is 0 Å². The van der Waals surface area contributed by atoms with Crippen molar-refractivity contribution in [3.05, 3.63) is 22.9 Å². The molecule has 0 atom stereocenters. The van der Waals surface area contributed by atoms with Crippen LogP contribution in [0.4, 0.5) is 0 Å². The minimum atomic E-state index is 0.729. The van der Waals surface area contributed by atoms with Crippen LogP contribution in [0.3, 0.4) is 0 Å². The maximum Gasteiger partial charge on any atom is 0.0110 e. The Kier molecular flexibility index (Phi) is 5.83. The van der Waals surface area contributed by atoms with E-state index >= 15 is 0 Å². The van der Waals surface area contributed by atoms with E-state index in [1.165, 1.54) is 13.1 Å². The molecule has 0 radical (unpaired) electrons. The van der Waals surface area contributed by atoms with Gasteiger partial charge in [0.25, 0.3) is 0 Å². The average molecular weight is 212 g/mol. The summed E-state index contributed by atoms with van der Waals surface area (Å²) < 4.78 is 0. The van der Waals surface area contributed by atoms with Gasteiger partial charge in [-0.3, -0.25) is 4.90 Å². The lowest BCUT2D eigenvalue weighted by Crippen LogP contribution is -2.46. The maximum absolute atomic E-state index is 3.33. The molecule has 1 aliphatic rings. The Morgan fingerprint density at radius 3 is 2.00 bits per heavy atom. The van der Waals surface area contributed by atoms with Crippen LogP contribution in [-0.4, -0.2) is 37.1 Å². The summed E-state index contributed by atoms with van der Waals surface area (Å²) in [5, 5.41) is 7.41. The average Bonchev–Trinajstić information content (AvgIpc) is 2.77. The van der Waals surface area contributed by atoms with Crippen LogP contribution in [0.25, 0.3) is 0 Å². The number of nitrogens with one attached hydrogen (secondary N) is 1. The van der Waals surface area contributed by atoms with Gasteiger partial charge in [-0.05, 0) is 24.6 Å². The number of rotatable bonds is 1. The van der Waals surface area contributed by atoms with E-state index in [2.05, 4.69) is 24.1 Å². The summed E-state index contributed by atoms with van der Waals surface area (Å²) in [6.45, 7) is 9.28. The van der Waals surface area contributed by atoms with Gasteiger partial charge in [-0.25, -0.2) is 0 Å². The van der Waals surface area contributed by atoms with Crippen molar-refractivity contribution < 1.29 is 0 Å². The molecular weight excluding hydrogens is 192 g/mol. The van der Waals surface area contributed by atoms with E-state index in [4.69, 9.17) is 0 Å². The van der Waals surface area contributed by atoms with E-state index in [1.807, 2.05) is 22.9 Å². The van der Waals surface area contributed by atoms with Crippen molar-refractivity contribution in [3.63, 3.8) is 0 Å². The highest BCUT2D eigenvalue weighted by atomic mass is 32.1. The Labute approximate surface area is 90.9 Å². The minimum absolute atomic E-state index is 0.729. The Morgan fingerprint density at radius 2 is 1.71 bits per heavy atom. The van der Waals surface area contributed by atoms with Crippen molar-refractivity contribution in [2.24, 2.45) is 0 Å². The highest BCUT2D eigenvalue weighted by molar-refractivity contribution is 7.07. The topological polar surface area (TPSA) is 15.3 Å². The summed E-state index contributed by atoms with van der Waals surface area (Å²) in [5.41, 5.74) is 0. The van der Waals surface area contributed by atoms with E-state index in [0.717, 1.165) is 19.1 Å². The molecule has 0 aromatic carbocycles. The first-order chi connectivity index (χ1) is 6.80. The summed E-state index contributed by atoms with van der Waals surface area (Å²) in [5.74, 6) is 0. The first-order valence-electron chi connectivity index (χ1n) is 5.22. The van der Waals surface area contributed by atoms with Gasteiger partial charge in [-0.2, -0.15) is 11.3 Å². The van der Waals surface area contributed by atoms with E-state index in [-0.39, 0.29) is 0 Å². The zero-order chi connectivity index (χ0) is 10.2. The molecule has 1 fully saturated rings. The molecule has 1 saturated heterocycles. The fraction of sp³-hybridized carbons (Fsp3) is 0.636. The second-order valence-electron chi connectivity index (χ2n) is 3.67. The lowest BCUT2D eigenvalue weighted by atomic mass is 10.3. The lowest BCUT2D eigenvalue weighted by Gasteiger charge is -2.30. The number of hydrogen-bond acceptors (Lipinski definition) is 3. The van der Waals surface area contributed by atoms with Crippen LogP contribution >= 0.6 is 11.3 Å². The van der Waals surface area contributed by atoms with Gasteiger partial charge in [-0.15, -0.1) is 0 Å². The van der Waals surface area contributed by atoms with Gasteiger partial charge in [0.2, 0.25) is 0 Å². The second kappa shape index (κ2) is 6.98. The number of thiophene rings is 1. The highest BCUT2D eigenvalue weighted by Gasteiger charge is 2.11. The molecule has 1 aliphatic heterocycles. The molecule has 1 N–H and O–H groups in total. The SMILES string of the molecule is CC(C)N1CCNCC1.c1ccsc1. The van der Waals surface area contributed by atoms with Gasteiger partial charge in [0.05, 0.1) is 0 Å². The molecule has 0 bridgehead atoms. The van der Waals surface area contributed by atoms with Crippen LogP contribution in [0, 0.1) is 0 Å². The third kappa shape index (κ3) is 4.74. The molecule has 3 heteroatoms. The normalized spacial score (nSPS) is 17.6. The second-order valence-corrected chi connectivity index (χ2v) is 4.49. The van der Waals surface area contributed by atoms with Gasteiger partial charge < -0.3 is 5.32 Å². The molecule has 1 aromatic rings. The molecule has 1 aromatic heterocycles. The quantitative estimate of drug-likeness (QED) is 0.766. The summed E-state index contributed by atoms with van der Waals surface area (Å²) in [7, 11) is 0. The van der Waals surface area contributed by atoms with E-state index in [9.17, 15) is 0 Å². The van der Waals surface area contributed by atoms with Crippen LogP contribution < -0.4 is 5.32 Å². The smallest absolute Gasteiger partial charge is 0.0110 e.